The van der Waals surface area contributed by atoms with Crippen molar-refractivity contribution < 1.29 is 14.4 Å². The summed E-state index contributed by atoms with van der Waals surface area (Å²) in [6, 6.07) is 6.73. The van der Waals surface area contributed by atoms with E-state index < -0.39 is 0 Å². The second kappa shape index (κ2) is 8.65. The van der Waals surface area contributed by atoms with Gasteiger partial charge in [0.1, 0.15) is 0 Å². The Balaban J connectivity index is 1.28. The normalized spacial score (nSPS) is 21.7. The molecule has 0 saturated carbocycles. The van der Waals surface area contributed by atoms with Crippen LogP contribution in [-0.2, 0) is 11.3 Å². The van der Waals surface area contributed by atoms with Gasteiger partial charge in [-0.25, -0.2) is 4.98 Å². The van der Waals surface area contributed by atoms with E-state index >= 15 is 0 Å². The molecule has 7 nitrogen and oxygen atoms in total. The van der Waals surface area contributed by atoms with Crippen LogP contribution in [0.4, 0.5) is 5.13 Å². The quantitative estimate of drug-likeness (QED) is 0.717. The average molecular weight is 427 g/mol. The molecule has 0 radical (unpaired) electrons. The largest absolute Gasteiger partial charge is 0.302 e. The highest BCUT2D eigenvalue weighted by Gasteiger charge is 2.35. The lowest BCUT2D eigenvalue weighted by molar-refractivity contribution is -0.116. The molecule has 1 N–H and O–H groups in total. The van der Waals surface area contributed by atoms with Crippen LogP contribution >= 0.6 is 11.3 Å². The molecule has 158 valence electrons. The fourth-order valence-corrected chi connectivity index (χ4v) is 5.14. The molecule has 1 fully saturated rings. The zero-order valence-electron chi connectivity index (χ0n) is 17.3. The predicted molar refractivity (Wildman–Crippen MR) is 115 cm³/mol. The number of likely N-dealkylation sites (tertiary alicyclic amines) is 1. The molecular formula is C22H26N4O3S. The van der Waals surface area contributed by atoms with Crippen molar-refractivity contribution in [1.82, 2.24) is 14.8 Å². The lowest BCUT2D eigenvalue weighted by Crippen LogP contribution is -2.38. The van der Waals surface area contributed by atoms with Crippen molar-refractivity contribution >= 4 is 34.2 Å². The Morgan fingerprint density at radius 3 is 2.40 bits per heavy atom. The van der Waals surface area contributed by atoms with Gasteiger partial charge in [0, 0.05) is 38.0 Å². The first-order valence-electron chi connectivity index (χ1n) is 10.3. The van der Waals surface area contributed by atoms with Crippen molar-refractivity contribution in [3.63, 3.8) is 0 Å². The van der Waals surface area contributed by atoms with Gasteiger partial charge in [-0.3, -0.25) is 24.2 Å². The number of thiazole rings is 1. The number of fused-ring (bicyclic) bond motifs is 1. The Kier molecular flexibility index (Phi) is 5.97. The highest BCUT2D eigenvalue weighted by Crippen LogP contribution is 2.25. The first-order valence-corrected chi connectivity index (χ1v) is 11.2. The molecule has 2 aliphatic heterocycles. The molecule has 0 unspecified atom stereocenters. The van der Waals surface area contributed by atoms with Gasteiger partial charge in [-0.2, -0.15) is 0 Å². The lowest BCUT2D eigenvalue weighted by atomic mass is 9.92. The van der Waals surface area contributed by atoms with Crippen LogP contribution in [0.2, 0.25) is 0 Å². The van der Waals surface area contributed by atoms with E-state index in [9.17, 15) is 14.4 Å². The first-order chi connectivity index (χ1) is 14.4. The van der Waals surface area contributed by atoms with Crippen LogP contribution in [0, 0.1) is 11.8 Å². The predicted octanol–water partition coefficient (Wildman–Crippen LogP) is 3.25. The molecule has 1 aromatic heterocycles. The second-order valence-electron chi connectivity index (χ2n) is 8.39. The van der Waals surface area contributed by atoms with E-state index in [1.807, 2.05) is 5.38 Å². The number of hydrogen-bond donors (Lipinski definition) is 1. The zero-order valence-corrected chi connectivity index (χ0v) is 18.1. The Morgan fingerprint density at radius 2 is 1.77 bits per heavy atom. The van der Waals surface area contributed by atoms with E-state index in [1.165, 1.54) is 17.8 Å². The van der Waals surface area contributed by atoms with Crippen LogP contribution in [-0.4, -0.2) is 52.1 Å². The molecule has 2 aromatic rings. The van der Waals surface area contributed by atoms with E-state index in [4.69, 9.17) is 0 Å². The maximum absolute atomic E-state index is 12.4. The van der Waals surface area contributed by atoms with Gasteiger partial charge < -0.3 is 5.32 Å². The summed E-state index contributed by atoms with van der Waals surface area (Å²) in [5, 5.41) is 5.32. The van der Waals surface area contributed by atoms with Crippen LogP contribution in [0.1, 0.15) is 53.1 Å². The van der Waals surface area contributed by atoms with E-state index in [1.54, 1.807) is 24.3 Å². The molecule has 8 heteroatoms. The van der Waals surface area contributed by atoms with Gasteiger partial charge in [-0.1, -0.05) is 26.0 Å². The van der Waals surface area contributed by atoms with Crippen molar-refractivity contribution in [2.24, 2.45) is 11.8 Å². The maximum Gasteiger partial charge on any atom is 0.261 e. The van der Waals surface area contributed by atoms with Crippen LogP contribution < -0.4 is 5.32 Å². The summed E-state index contributed by atoms with van der Waals surface area (Å²) in [5.41, 5.74) is 1.75. The van der Waals surface area contributed by atoms with Gasteiger partial charge >= 0.3 is 0 Å². The number of anilines is 1. The number of carbonyl (C=O) groups is 3. The third-order valence-electron chi connectivity index (χ3n) is 5.57. The minimum atomic E-state index is -0.343. The van der Waals surface area contributed by atoms with Crippen LogP contribution in [0.15, 0.2) is 29.6 Å². The standard InChI is InChI=1S/C22H26N4O3S/c1-14-9-15(2)11-25(10-14)12-16-13-30-22(23-16)24-19(27)7-8-26-20(28)17-5-3-4-6-18(17)21(26)29/h3-6,13-15H,7-12H2,1-2H3,(H,23,24,27)/t14-,15-/m0/s1. The van der Waals surface area contributed by atoms with Crippen molar-refractivity contribution in [2.45, 2.75) is 33.2 Å². The highest BCUT2D eigenvalue weighted by molar-refractivity contribution is 7.13. The number of piperidine rings is 1. The molecule has 0 bridgehead atoms. The highest BCUT2D eigenvalue weighted by atomic mass is 32.1. The summed E-state index contributed by atoms with van der Waals surface area (Å²) >= 11 is 1.40. The van der Waals surface area contributed by atoms with Gasteiger partial charge in [0.15, 0.2) is 5.13 Å². The number of nitrogens with one attached hydrogen (secondary N) is 1. The fraction of sp³-hybridized carbons (Fsp3) is 0.455. The van der Waals surface area contributed by atoms with E-state index in [-0.39, 0.29) is 30.7 Å². The van der Waals surface area contributed by atoms with Crippen molar-refractivity contribution in [2.75, 3.05) is 25.0 Å². The first kappa shape index (κ1) is 20.7. The summed E-state index contributed by atoms with van der Waals surface area (Å²) in [6.07, 6.45) is 1.31. The monoisotopic (exact) mass is 426 g/mol. The summed E-state index contributed by atoms with van der Waals surface area (Å²) in [7, 11) is 0. The molecule has 4 rings (SSSR count). The lowest BCUT2D eigenvalue weighted by Gasteiger charge is -2.34. The number of aromatic nitrogens is 1. The Morgan fingerprint density at radius 1 is 1.13 bits per heavy atom. The van der Waals surface area contributed by atoms with Crippen LogP contribution in [0.5, 0.6) is 0 Å². The molecule has 1 saturated heterocycles. The molecule has 1 aromatic carbocycles. The molecule has 30 heavy (non-hydrogen) atoms. The van der Waals surface area contributed by atoms with Gasteiger partial charge in [-0.05, 0) is 30.4 Å². The minimum absolute atomic E-state index is 0.0432. The molecule has 3 heterocycles. The third kappa shape index (κ3) is 4.44. The Labute approximate surface area is 180 Å². The summed E-state index contributed by atoms with van der Waals surface area (Å²) in [6.45, 7) is 7.55. The number of hydrogen-bond acceptors (Lipinski definition) is 6. The number of benzene rings is 1. The van der Waals surface area contributed by atoms with Crippen molar-refractivity contribution in [3.8, 4) is 0 Å². The number of nitrogens with zero attached hydrogens (tertiary/aromatic N) is 3. The van der Waals surface area contributed by atoms with Gasteiger partial charge in [0.05, 0.1) is 16.8 Å². The summed E-state index contributed by atoms with van der Waals surface area (Å²) in [5.74, 6) is 0.435. The summed E-state index contributed by atoms with van der Waals surface area (Å²) in [4.78, 5) is 45.2. The van der Waals surface area contributed by atoms with Crippen molar-refractivity contribution in [1.29, 1.82) is 0 Å². The van der Waals surface area contributed by atoms with Gasteiger partial charge in [-0.15, -0.1) is 11.3 Å². The fourth-order valence-electron chi connectivity index (χ4n) is 4.42. The number of amides is 3. The van der Waals surface area contributed by atoms with E-state index in [0.29, 0.717) is 28.1 Å². The molecule has 2 aliphatic rings. The number of imide groups is 1. The smallest absolute Gasteiger partial charge is 0.261 e. The van der Waals surface area contributed by atoms with E-state index in [2.05, 4.69) is 29.0 Å². The van der Waals surface area contributed by atoms with Gasteiger partial charge in [0.2, 0.25) is 5.91 Å². The SMILES string of the molecule is C[C@H]1C[C@H](C)CN(Cc2csc(NC(=O)CCN3C(=O)c4ccccc4C3=O)n2)C1. The number of rotatable bonds is 6. The molecule has 2 atom stereocenters. The molecule has 3 amide bonds. The summed E-state index contributed by atoms with van der Waals surface area (Å²) < 4.78 is 0. The Hall–Kier alpha value is -2.58. The van der Waals surface area contributed by atoms with Crippen LogP contribution in [0.25, 0.3) is 0 Å². The van der Waals surface area contributed by atoms with Crippen molar-refractivity contribution in [3.05, 3.63) is 46.5 Å². The maximum atomic E-state index is 12.4. The number of carbonyl (C=O) groups excluding carboxylic acids is 3. The minimum Gasteiger partial charge on any atom is -0.302 e. The third-order valence-corrected chi connectivity index (χ3v) is 6.38. The zero-order chi connectivity index (χ0) is 21.3. The molecular weight excluding hydrogens is 400 g/mol. The Bertz CT molecular complexity index is 928. The van der Waals surface area contributed by atoms with E-state index in [0.717, 1.165) is 30.2 Å². The average Bonchev–Trinajstić information content (AvgIpc) is 3.22. The van der Waals surface area contributed by atoms with Gasteiger partial charge in [0.25, 0.3) is 11.8 Å². The topological polar surface area (TPSA) is 82.6 Å². The molecule has 0 aliphatic carbocycles. The second-order valence-corrected chi connectivity index (χ2v) is 9.25. The van der Waals surface area contributed by atoms with Crippen LogP contribution in [0.3, 0.4) is 0 Å². The molecule has 0 spiro atoms.